The minimum atomic E-state index is -0.360. The van der Waals surface area contributed by atoms with Gasteiger partial charge in [0.1, 0.15) is 24.7 Å². The molecule has 234 valence electrons. The van der Waals surface area contributed by atoms with Crippen LogP contribution in [-0.2, 0) is 11.3 Å². The number of aryl methyl sites for hydroxylation is 2. The summed E-state index contributed by atoms with van der Waals surface area (Å²) in [6.07, 6.45) is 2.65. The molecule has 3 aromatic carbocycles. The van der Waals surface area contributed by atoms with Gasteiger partial charge in [-0.1, -0.05) is 41.4 Å². The molecule has 1 saturated carbocycles. The highest BCUT2D eigenvalue weighted by molar-refractivity contribution is 6.37. The lowest BCUT2D eigenvalue weighted by Crippen LogP contribution is -2.55. The first kappa shape index (κ1) is 31.9. The minimum absolute atomic E-state index is 0.0619. The van der Waals surface area contributed by atoms with Crippen LogP contribution in [-0.4, -0.2) is 62.2 Å². The van der Waals surface area contributed by atoms with Gasteiger partial charge in [-0.15, -0.1) is 0 Å². The number of amides is 2. The van der Waals surface area contributed by atoms with Crippen LogP contribution in [0.5, 0.6) is 17.2 Å². The second kappa shape index (κ2) is 14.5. The fourth-order valence-corrected chi connectivity index (χ4v) is 6.35. The van der Waals surface area contributed by atoms with E-state index < -0.39 is 0 Å². The van der Waals surface area contributed by atoms with Crippen molar-refractivity contribution in [1.82, 2.24) is 15.5 Å². The maximum absolute atomic E-state index is 13.9. The zero-order valence-electron chi connectivity index (χ0n) is 25.3. The maximum atomic E-state index is 13.9. The van der Waals surface area contributed by atoms with E-state index in [2.05, 4.69) is 10.6 Å². The Labute approximate surface area is 269 Å². The number of rotatable bonds is 12. The van der Waals surface area contributed by atoms with Crippen LogP contribution < -0.4 is 24.8 Å². The van der Waals surface area contributed by atoms with Gasteiger partial charge >= 0.3 is 0 Å². The molecule has 0 bridgehead atoms. The highest BCUT2D eigenvalue weighted by Crippen LogP contribution is 2.34. The minimum Gasteiger partial charge on any atom is -0.496 e. The number of ether oxygens (including phenoxy) is 3. The molecule has 44 heavy (non-hydrogen) atoms. The highest BCUT2D eigenvalue weighted by atomic mass is 35.5. The summed E-state index contributed by atoms with van der Waals surface area (Å²) >= 11 is 12.5. The molecule has 3 aromatic rings. The predicted molar refractivity (Wildman–Crippen MR) is 172 cm³/mol. The third-order valence-corrected chi connectivity index (χ3v) is 8.66. The van der Waals surface area contributed by atoms with E-state index in [1.165, 1.54) is 0 Å². The summed E-state index contributed by atoms with van der Waals surface area (Å²) in [4.78, 5) is 29.4. The number of halogens is 2. The van der Waals surface area contributed by atoms with E-state index in [0.717, 1.165) is 41.8 Å². The van der Waals surface area contributed by atoms with Gasteiger partial charge in [0, 0.05) is 36.3 Å². The van der Waals surface area contributed by atoms with Crippen LogP contribution in [0.1, 0.15) is 46.3 Å². The summed E-state index contributed by atoms with van der Waals surface area (Å²) in [5, 5.41) is 7.44. The second-order valence-electron chi connectivity index (χ2n) is 11.4. The number of benzene rings is 3. The second-order valence-corrected chi connectivity index (χ2v) is 12.2. The summed E-state index contributed by atoms with van der Waals surface area (Å²) in [6.45, 7) is 6.05. The predicted octanol–water partition coefficient (Wildman–Crippen LogP) is 5.98. The number of piperidine rings is 1. The first-order valence-corrected chi connectivity index (χ1v) is 15.8. The molecule has 1 aliphatic carbocycles. The van der Waals surface area contributed by atoms with Crippen molar-refractivity contribution < 1.29 is 23.8 Å². The molecule has 0 aromatic heterocycles. The Kier molecular flexibility index (Phi) is 10.6. The van der Waals surface area contributed by atoms with Gasteiger partial charge in [0.25, 0.3) is 5.91 Å². The molecule has 2 N–H and O–H groups in total. The molecule has 8 nitrogen and oxygen atoms in total. The first-order chi connectivity index (χ1) is 21.2. The molecule has 2 aliphatic rings. The van der Waals surface area contributed by atoms with Crippen molar-refractivity contribution in [3.63, 3.8) is 0 Å². The van der Waals surface area contributed by atoms with E-state index in [0.29, 0.717) is 46.6 Å². The Morgan fingerprint density at radius 3 is 2.41 bits per heavy atom. The lowest BCUT2D eigenvalue weighted by molar-refractivity contribution is -0.138. The van der Waals surface area contributed by atoms with E-state index in [1.54, 1.807) is 31.4 Å². The van der Waals surface area contributed by atoms with Gasteiger partial charge in [-0.2, -0.15) is 0 Å². The van der Waals surface area contributed by atoms with Gasteiger partial charge in [0.2, 0.25) is 5.91 Å². The molecule has 2 amide bonds. The molecule has 1 saturated heterocycles. The first-order valence-electron chi connectivity index (χ1n) is 15.0. The molecular formula is C34H39Cl2N3O5. The Hall–Kier alpha value is -3.46. The van der Waals surface area contributed by atoms with Crippen LogP contribution in [0.25, 0.3) is 0 Å². The van der Waals surface area contributed by atoms with E-state index in [9.17, 15) is 9.59 Å². The number of nitrogens with one attached hydrogen (secondary N) is 2. The molecule has 2 unspecified atom stereocenters. The molecule has 0 spiro atoms. The molecule has 10 heteroatoms. The number of hydrogen-bond acceptors (Lipinski definition) is 6. The quantitative estimate of drug-likeness (QED) is 0.237. The molecule has 0 radical (unpaired) electrons. The van der Waals surface area contributed by atoms with Gasteiger partial charge in [-0.05, 0) is 87.2 Å². The molecule has 2 atom stereocenters. The number of nitrogens with zero attached hydrogens (tertiary/aromatic N) is 1. The number of para-hydroxylation sites is 1. The van der Waals surface area contributed by atoms with Gasteiger partial charge in [-0.25, -0.2) is 0 Å². The number of carbonyl (C=O) groups excluding carboxylic acids is 2. The van der Waals surface area contributed by atoms with Crippen LogP contribution in [0.3, 0.4) is 0 Å². The van der Waals surface area contributed by atoms with Crippen LogP contribution in [0.15, 0.2) is 54.6 Å². The van der Waals surface area contributed by atoms with Crippen molar-refractivity contribution in [2.45, 2.75) is 51.7 Å². The summed E-state index contributed by atoms with van der Waals surface area (Å²) in [7, 11) is 1.65. The van der Waals surface area contributed by atoms with Gasteiger partial charge in [0.15, 0.2) is 5.75 Å². The largest absolute Gasteiger partial charge is 0.496 e. The average molecular weight is 641 g/mol. The van der Waals surface area contributed by atoms with E-state index in [-0.39, 0.29) is 43.0 Å². The average Bonchev–Trinajstić information content (AvgIpc) is 3.84. The number of methoxy groups -OCH3 is 1. The van der Waals surface area contributed by atoms with Crippen LogP contribution >= 0.6 is 23.2 Å². The Balaban J connectivity index is 1.19. The standard InChI is InChI=1S/C34H39Cl2N3O5/c1-21-16-28(35)32(29(36)17-21)44-15-14-43-25-10-11-26(22(2)18-25)33(40)38-30-12-13-37-19-27(30)34(41)39(24-8-9-24)20-23-6-4-5-7-31(23)42-3/h4-7,10-11,16-18,24,27,30,37H,8-9,12-15,19-20H2,1-3H3,(H,38,40). The summed E-state index contributed by atoms with van der Waals surface area (Å²) in [5.41, 5.74) is 3.25. The topological polar surface area (TPSA) is 89.1 Å². The van der Waals surface area contributed by atoms with Crippen molar-refractivity contribution in [2.75, 3.05) is 33.4 Å². The monoisotopic (exact) mass is 639 g/mol. The van der Waals surface area contributed by atoms with Crippen LogP contribution in [0, 0.1) is 19.8 Å². The summed E-state index contributed by atoms with van der Waals surface area (Å²) in [5.74, 6) is 1.32. The van der Waals surface area contributed by atoms with Gasteiger partial charge in [0.05, 0.1) is 23.1 Å². The Bertz CT molecular complexity index is 1470. The zero-order valence-corrected chi connectivity index (χ0v) is 26.8. The number of carbonyl (C=O) groups is 2. The molecular weight excluding hydrogens is 601 g/mol. The van der Waals surface area contributed by atoms with E-state index in [4.69, 9.17) is 37.4 Å². The SMILES string of the molecule is COc1ccccc1CN(C(=O)C1CNCCC1NC(=O)c1ccc(OCCOc2c(Cl)cc(C)cc2Cl)cc1C)C1CC1. The third-order valence-electron chi connectivity index (χ3n) is 8.10. The maximum Gasteiger partial charge on any atom is 0.251 e. The lowest BCUT2D eigenvalue weighted by Gasteiger charge is -2.36. The summed E-state index contributed by atoms with van der Waals surface area (Å²) in [6, 6.07) is 16.7. The van der Waals surface area contributed by atoms with Crippen LogP contribution in [0.2, 0.25) is 10.0 Å². The van der Waals surface area contributed by atoms with Crippen molar-refractivity contribution in [3.05, 3.63) is 86.9 Å². The fourth-order valence-electron chi connectivity index (χ4n) is 5.65. The molecule has 2 fully saturated rings. The third kappa shape index (κ3) is 7.78. The zero-order chi connectivity index (χ0) is 31.2. The molecule has 5 rings (SSSR count). The fraction of sp³-hybridized carbons (Fsp3) is 0.412. The Morgan fingerprint density at radius 1 is 0.977 bits per heavy atom. The smallest absolute Gasteiger partial charge is 0.251 e. The van der Waals surface area contributed by atoms with Gasteiger partial charge in [-0.3, -0.25) is 9.59 Å². The molecule has 1 aliphatic heterocycles. The Morgan fingerprint density at radius 2 is 1.70 bits per heavy atom. The number of hydrogen-bond donors (Lipinski definition) is 2. The van der Waals surface area contributed by atoms with E-state index in [1.807, 2.05) is 49.1 Å². The van der Waals surface area contributed by atoms with Crippen molar-refractivity contribution in [2.24, 2.45) is 5.92 Å². The van der Waals surface area contributed by atoms with Crippen molar-refractivity contribution in [1.29, 1.82) is 0 Å². The normalized spacial score (nSPS) is 17.9. The van der Waals surface area contributed by atoms with E-state index >= 15 is 0 Å². The van der Waals surface area contributed by atoms with Gasteiger partial charge < -0.3 is 29.7 Å². The molecule has 1 heterocycles. The highest BCUT2D eigenvalue weighted by Gasteiger charge is 2.40. The van der Waals surface area contributed by atoms with Crippen LogP contribution in [0.4, 0.5) is 0 Å². The summed E-state index contributed by atoms with van der Waals surface area (Å²) < 4.78 is 17.1. The van der Waals surface area contributed by atoms with Crippen molar-refractivity contribution >= 4 is 35.0 Å². The lowest BCUT2D eigenvalue weighted by atomic mass is 9.91. The van der Waals surface area contributed by atoms with Crippen molar-refractivity contribution in [3.8, 4) is 17.2 Å².